The Labute approximate surface area is 209 Å². The highest BCUT2D eigenvalue weighted by Gasteiger charge is 2.36. The van der Waals surface area contributed by atoms with Gasteiger partial charge in [-0.05, 0) is 70.6 Å². The first-order chi connectivity index (χ1) is 17.6. The second-order valence-corrected chi connectivity index (χ2v) is 9.30. The molecule has 5 heteroatoms. The van der Waals surface area contributed by atoms with E-state index in [1.807, 2.05) is 30.3 Å². The molecule has 6 rings (SSSR count). The van der Waals surface area contributed by atoms with Gasteiger partial charge < -0.3 is 14.8 Å². The second kappa shape index (κ2) is 9.15. The number of hydrogen-bond acceptors (Lipinski definition) is 4. The van der Waals surface area contributed by atoms with E-state index in [9.17, 15) is 9.18 Å². The van der Waals surface area contributed by atoms with Gasteiger partial charge in [0, 0.05) is 29.3 Å². The predicted molar refractivity (Wildman–Crippen MR) is 139 cm³/mol. The van der Waals surface area contributed by atoms with Gasteiger partial charge in [-0.3, -0.25) is 4.79 Å². The van der Waals surface area contributed by atoms with Crippen molar-refractivity contribution < 1.29 is 18.7 Å². The molecule has 36 heavy (non-hydrogen) atoms. The molecule has 0 bridgehead atoms. The second-order valence-electron chi connectivity index (χ2n) is 9.30. The van der Waals surface area contributed by atoms with Crippen LogP contribution in [0.5, 0.6) is 11.5 Å². The van der Waals surface area contributed by atoms with Gasteiger partial charge in [0.1, 0.15) is 12.4 Å². The van der Waals surface area contributed by atoms with Crippen LogP contribution in [0, 0.1) is 5.82 Å². The molecule has 2 aliphatic rings. The van der Waals surface area contributed by atoms with Crippen molar-refractivity contribution in [3.05, 3.63) is 113 Å². The van der Waals surface area contributed by atoms with Crippen molar-refractivity contribution in [3.8, 4) is 11.5 Å². The molecule has 1 heterocycles. The highest BCUT2D eigenvalue weighted by molar-refractivity contribution is 6.04. The van der Waals surface area contributed by atoms with Crippen LogP contribution < -0.4 is 14.8 Å². The van der Waals surface area contributed by atoms with Crippen LogP contribution in [0.25, 0.3) is 10.8 Å². The lowest BCUT2D eigenvalue weighted by Gasteiger charge is -2.35. The number of benzene rings is 4. The first kappa shape index (κ1) is 22.4. The summed E-state index contributed by atoms with van der Waals surface area (Å²) in [4.78, 5) is 13.3. The van der Waals surface area contributed by atoms with Gasteiger partial charge in [-0.15, -0.1) is 0 Å². The molecule has 4 nitrogen and oxygen atoms in total. The van der Waals surface area contributed by atoms with E-state index in [-0.39, 0.29) is 17.5 Å². The molecule has 1 aliphatic carbocycles. The minimum atomic E-state index is -0.276. The number of carbonyl (C=O) groups excluding carboxylic acids is 1. The number of hydrogen-bond donors (Lipinski definition) is 1. The molecular weight excluding hydrogens is 453 g/mol. The highest BCUT2D eigenvalue weighted by Crippen LogP contribution is 2.49. The van der Waals surface area contributed by atoms with Crippen molar-refractivity contribution in [3.63, 3.8) is 0 Å². The zero-order valence-corrected chi connectivity index (χ0v) is 20.0. The van der Waals surface area contributed by atoms with E-state index in [1.54, 1.807) is 19.2 Å². The van der Waals surface area contributed by atoms with Crippen LogP contribution in [0.15, 0.2) is 90.1 Å². The van der Waals surface area contributed by atoms with Gasteiger partial charge in [-0.1, -0.05) is 48.5 Å². The van der Waals surface area contributed by atoms with Crippen LogP contribution in [-0.2, 0) is 11.4 Å². The van der Waals surface area contributed by atoms with Gasteiger partial charge in [0.25, 0.3) is 0 Å². The Morgan fingerprint density at radius 3 is 2.61 bits per heavy atom. The van der Waals surface area contributed by atoms with E-state index in [1.165, 1.54) is 12.1 Å². The third kappa shape index (κ3) is 3.91. The number of halogens is 1. The molecule has 0 radical (unpaired) electrons. The largest absolute Gasteiger partial charge is 0.493 e. The van der Waals surface area contributed by atoms with Crippen LogP contribution in [0.3, 0.4) is 0 Å². The number of carbonyl (C=O) groups is 1. The third-order valence-corrected chi connectivity index (χ3v) is 7.12. The summed E-state index contributed by atoms with van der Waals surface area (Å²) in [5, 5.41) is 5.85. The summed E-state index contributed by atoms with van der Waals surface area (Å²) in [7, 11) is 1.62. The zero-order valence-electron chi connectivity index (χ0n) is 20.0. The van der Waals surface area contributed by atoms with E-state index in [0.717, 1.165) is 57.3 Å². The van der Waals surface area contributed by atoms with Crippen molar-refractivity contribution in [1.82, 2.24) is 0 Å². The van der Waals surface area contributed by atoms with Crippen LogP contribution in [0.1, 0.15) is 41.9 Å². The number of allylic oxidation sites excluding steroid dienone is 2. The first-order valence-electron chi connectivity index (χ1n) is 12.2. The van der Waals surface area contributed by atoms with Crippen molar-refractivity contribution in [1.29, 1.82) is 0 Å². The van der Waals surface area contributed by atoms with Gasteiger partial charge in [0.2, 0.25) is 0 Å². The number of Topliss-reactive ketones (excluding diaryl/α,β-unsaturated/α-hetero) is 1. The summed E-state index contributed by atoms with van der Waals surface area (Å²) >= 11 is 0. The molecule has 180 valence electrons. The molecule has 1 aliphatic heterocycles. The number of methoxy groups -OCH3 is 1. The molecular formula is C31H26FNO3. The minimum Gasteiger partial charge on any atom is -0.493 e. The molecule has 4 aromatic rings. The molecule has 0 fully saturated rings. The van der Waals surface area contributed by atoms with Crippen molar-refractivity contribution in [2.75, 3.05) is 12.4 Å². The maximum atomic E-state index is 13.3. The summed E-state index contributed by atoms with van der Waals surface area (Å²) in [6.07, 6.45) is 2.28. The first-order valence-corrected chi connectivity index (χ1v) is 12.2. The lowest BCUT2D eigenvalue weighted by Crippen LogP contribution is -2.27. The number of anilines is 1. The fraction of sp³-hybridized carbons (Fsp3) is 0.194. The minimum absolute atomic E-state index is 0.197. The maximum absolute atomic E-state index is 13.3. The van der Waals surface area contributed by atoms with Crippen LogP contribution in [-0.4, -0.2) is 12.9 Å². The lowest BCUT2D eigenvalue weighted by atomic mass is 9.74. The Hall–Kier alpha value is -4.12. The summed E-state index contributed by atoms with van der Waals surface area (Å²) in [5.41, 5.74) is 5.89. The molecule has 0 saturated carbocycles. The van der Waals surface area contributed by atoms with Crippen molar-refractivity contribution >= 4 is 22.2 Å². The molecule has 0 spiro atoms. The quantitative estimate of drug-likeness (QED) is 0.331. The van der Waals surface area contributed by atoms with E-state index < -0.39 is 0 Å². The normalized spacial score (nSPS) is 16.8. The van der Waals surface area contributed by atoms with Crippen LogP contribution >= 0.6 is 0 Å². The van der Waals surface area contributed by atoms with Gasteiger partial charge >= 0.3 is 0 Å². The van der Waals surface area contributed by atoms with Gasteiger partial charge in [0.15, 0.2) is 17.3 Å². The van der Waals surface area contributed by atoms with Crippen LogP contribution in [0.4, 0.5) is 10.1 Å². The SMILES string of the molecule is COc1cc([C@@H]2C3=C(CCCC3=O)Nc3ccc4ccccc4c32)ccc1OCc1ccc(F)cc1. The summed E-state index contributed by atoms with van der Waals surface area (Å²) in [6, 6.07) is 24.7. The fourth-order valence-corrected chi connectivity index (χ4v) is 5.41. The number of ketones is 1. The number of nitrogens with one attached hydrogen (secondary N) is 1. The molecule has 4 aromatic carbocycles. The van der Waals surface area contributed by atoms with Crippen molar-refractivity contribution in [2.45, 2.75) is 31.8 Å². The molecule has 1 atom stereocenters. The van der Waals surface area contributed by atoms with Gasteiger partial charge in [0.05, 0.1) is 7.11 Å². The number of fused-ring (bicyclic) bond motifs is 3. The fourth-order valence-electron chi connectivity index (χ4n) is 5.41. The summed E-state index contributed by atoms with van der Waals surface area (Å²) in [5.74, 6) is 0.918. The topological polar surface area (TPSA) is 47.6 Å². The van der Waals surface area contributed by atoms with E-state index in [0.29, 0.717) is 24.5 Å². The Balaban J connectivity index is 1.44. The van der Waals surface area contributed by atoms with Crippen molar-refractivity contribution in [2.24, 2.45) is 0 Å². The van der Waals surface area contributed by atoms with Crippen LogP contribution in [0.2, 0.25) is 0 Å². The van der Waals surface area contributed by atoms with Gasteiger partial charge in [-0.25, -0.2) is 4.39 Å². The predicted octanol–water partition coefficient (Wildman–Crippen LogP) is 7.13. The Morgan fingerprint density at radius 2 is 1.78 bits per heavy atom. The van der Waals surface area contributed by atoms with E-state index >= 15 is 0 Å². The highest BCUT2D eigenvalue weighted by atomic mass is 19.1. The molecule has 0 saturated heterocycles. The van der Waals surface area contributed by atoms with E-state index in [2.05, 4.69) is 29.6 Å². The molecule has 0 amide bonds. The summed E-state index contributed by atoms with van der Waals surface area (Å²) < 4.78 is 25.0. The standard InChI is InChI=1S/C31H26FNO3/c1-35-28-17-21(12-16-27(28)36-18-19-9-13-22(32)14-10-19)29-30-23-6-3-2-5-20(23)11-15-25(30)33-24-7-4-8-26(34)31(24)29/h2-3,5-6,9-17,29,33H,4,7-8,18H2,1H3/t29-/m0/s1. The van der Waals surface area contributed by atoms with E-state index in [4.69, 9.17) is 9.47 Å². The molecule has 1 N–H and O–H groups in total. The third-order valence-electron chi connectivity index (χ3n) is 7.12. The average Bonchev–Trinajstić information content (AvgIpc) is 2.91. The lowest BCUT2D eigenvalue weighted by molar-refractivity contribution is -0.116. The smallest absolute Gasteiger partial charge is 0.161 e. The number of ether oxygens (including phenoxy) is 2. The van der Waals surface area contributed by atoms with Gasteiger partial charge in [-0.2, -0.15) is 0 Å². The zero-order chi connectivity index (χ0) is 24.6. The maximum Gasteiger partial charge on any atom is 0.161 e. The molecule has 0 unspecified atom stereocenters. The Bertz CT molecular complexity index is 1510. The molecule has 0 aromatic heterocycles. The Morgan fingerprint density at radius 1 is 0.944 bits per heavy atom. The summed E-state index contributed by atoms with van der Waals surface area (Å²) in [6.45, 7) is 0.296. The average molecular weight is 480 g/mol. The Kier molecular flexibility index (Phi) is 5.68. The number of rotatable bonds is 5. The monoisotopic (exact) mass is 479 g/mol.